The van der Waals surface area contributed by atoms with Crippen molar-refractivity contribution >= 4 is 22.6 Å². The van der Waals surface area contributed by atoms with Crippen molar-refractivity contribution in [3.8, 4) is 11.5 Å². The van der Waals surface area contributed by atoms with Crippen LogP contribution in [0.5, 0.6) is 11.5 Å². The van der Waals surface area contributed by atoms with Gasteiger partial charge in [-0.15, -0.1) is 0 Å². The number of hydrogen-bond donors (Lipinski definition) is 1. The molecule has 10 heteroatoms. The molecule has 2 aliphatic heterocycles. The summed E-state index contributed by atoms with van der Waals surface area (Å²) < 4.78 is 19.2. The van der Waals surface area contributed by atoms with Gasteiger partial charge in [0.25, 0.3) is 11.5 Å². The molecule has 1 fully saturated rings. The highest BCUT2D eigenvalue weighted by Crippen LogP contribution is 2.31. The lowest BCUT2D eigenvalue weighted by Gasteiger charge is -2.26. The fourth-order valence-corrected chi connectivity index (χ4v) is 5.12. The molecule has 0 unspecified atom stereocenters. The molecule has 5 rings (SSSR count). The third kappa shape index (κ3) is 6.33. The van der Waals surface area contributed by atoms with Crippen LogP contribution >= 0.6 is 0 Å². The maximum Gasteiger partial charge on any atom is 0.295 e. The van der Waals surface area contributed by atoms with Crippen LogP contribution in [-0.2, 0) is 9.53 Å². The molecule has 1 saturated heterocycles. The summed E-state index contributed by atoms with van der Waals surface area (Å²) in [5, 5.41) is 4.16. The van der Waals surface area contributed by atoms with Gasteiger partial charge in [-0.25, -0.2) is 9.97 Å². The van der Waals surface area contributed by atoms with Gasteiger partial charge >= 0.3 is 0 Å². The van der Waals surface area contributed by atoms with E-state index in [1.165, 1.54) is 6.33 Å². The quantitative estimate of drug-likeness (QED) is 0.496. The van der Waals surface area contributed by atoms with Gasteiger partial charge < -0.3 is 29.0 Å². The highest BCUT2D eigenvalue weighted by Gasteiger charge is 2.24. The maximum absolute atomic E-state index is 13.7. The number of amides is 1. The lowest BCUT2D eigenvalue weighted by Crippen LogP contribution is -2.34. The highest BCUT2D eigenvalue weighted by molar-refractivity contribution is 5.92. The number of carbonyl (C=O) groups excluding carboxylic acids is 1. The highest BCUT2D eigenvalue weighted by atomic mass is 16.5. The van der Waals surface area contributed by atoms with Gasteiger partial charge in [-0.3, -0.25) is 9.59 Å². The van der Waals surface area contributed by atoms with E-state index in [0.717, 1.165) is 37.0 Å². The van der Waals surface area contributed by atoms with Crippen LogP contribution in [0.1, 0.15) is 63.1 Å². The number of ether oxygens (including phenoxy) is 3. The van der Waals surface area contributed by atoms with E-state index in [4.69, 9.17) is 14.2 Å². The summed E-state index contributed by atoms with van der Waals surface area (Å²) in [5.41, 5.74) is 1.14. The number of carbonyl (C=O) groups is 1. The van der Waals surface area contributed by atoms with Crippen LogP contribution in [0.15, 0.2) is 41.6 Å². The molecule has 1 aromatic carbocycles. The Kier molecular flexibility index (Phi) is 8.61. The van der Waals surface area contributed by atoms with Gasteiger partial charge in [-0.2, -0.15) is 0 Å². The van der Waals surface area contributed by atoms with E-state index >= 15 is 0 Å². The van der Waals surface area contributed by atoms with E-state index in [-0.39, 0.29) is 35.9 Å². The molecule has 10 nitrogen and oxygen atoms in total. The molecule has 1 atom stereocenters. The summed E-state index contributed by atoms with van der Waals surface area (Å²) in [6.45, 7) is 4.26. The Bertz CT molecular complexity index is 1350. The van der Waals surface area contributed by atoms with Gasteiger partial charge in [0.2, 0.25) is 5.75 Å². The minimum atomic E-state index is -0.297. The molecule has 1 N–H and O–H groups in total. The standard InChI is InChI=1S/C29H37N5O5/c1-20-21-8-7-9-23(16-21)38-13-6-4-3-5-12-33(2)25(35)18-39-27-26-24(28(32-20)31-19-30-26)17-34(29(27)36)22-10-14-37-15-11-22/h7-9,16-17,19-20,22H,3-6,10-15,18H2,1-2H3,(H,30,31,32)/t20-/m1/s1. The fraction of sp³-hybridized carbons (Fsp3) is 0.517. The van der Waals surface area contributed by atoms with Gasteiger partial charge in [-0.05, 0) is 50.3 Å². The molecule has 1 amide bonds. The minimum Gasteiger partial charge on any atom is -0.494 e. The van der Waals surface area contributed by atoms with Gasteiger partial charge in [0, 0.05) is 39.0 Å². The predicted molar refractivity (Wildman–Crippen MR) is 148 cm³/mol. The van der Waals surface area contributed by atoms with E-state index < -0.39 is 0 Å². The SMILES string of the molecule is C[C@H]1Nc2ncnc3c(c(=O)n(C4CCOCC4)cc23)OCC(=O)N(C)CCCCCCOc2cccc1c2. The number of anilines is 1. The second-order valence-corrected chi connectivity index (χ2v) is 10.3. The van der Waals surface area contributed by atoms with Crippen LogP contribution in [0.25, 0.3) is 10.9 Å². The Morgan fingerprint density at radius 2 is 1.82 bits per heavy atom. The average molecular weight is 536 g/mol. The predicted octanol–water partition coefficient (Wildman–Crippen LogP) is 4.11. The topological polar surface area (TPSA) is 108 Å². The molecule has 0 spiro atoms. The molecular weight excluding hydrogens is 498 g/mol. The smallest absolute Gasteiger partial charge is 0.295 e. The van der Waals surface area contributed by atoms with Gasteiger partial charge in [-0.1, -0.05) is 25.0 Å². The van der Waals surface area contributed by atoms with Crippen molar-refractivity contribution in [3.63, 3.8) is 0 Å². The van der Waals surface area contributed by atoms with Crippen molar-refractivity contribution in [2.75, 3.05) is 45.3 Å². The molecule has 0 saturated carbocycles. The number of rotatable bonds is 1. The first-order chi connectivity index (χ1) is 19.0. The molecule has 4 heterocycles. The summed E-state index contributed by atoms with van der Waals surface area (Å²) in [4.78, 5) is 37.2. The molecule has 208 valence electrons. The molecule has 6 bridgehead atoms. The van der Waals surface area contributed by atoms with Crippen LogP contribution in [0.4, 0.5) is 5.82 Å². The van der Waals surface area contributed by atoms with Crippen molar-refractivity contribution in [2.45, 2.75) is 57.5 Å². The number of nitrogens with zero attached hydrogens (tertiary/aromatic N) is 4. The van der Waals surface area contributed by atoms with Crippen molar-refractivity contribution in [1.82, 2.24) is 19.4 Å². The van der Waals surface area contributed by atoms with Crippen molar-refractivity contribution < 1.29 is 19.0 Å². The lowest BCUT2D eigenvalue weighted by atomic mass is 10.1. The molecule has 2 aliphatic rings. The number of fused-ring (bicyclic) bond motifs is 2. The average Bonchev–Trinajstić information content (AvgIpc) is 2.96. The Hall–Kier alpha value is -3.66. The van der Waals surface area contributed by atoms with E-state index in [1.54, 1.807) is 16.5 Å². The number of nitrogens with one attached hydrogen (secondary N) is 1. The summed E-state index contributed by atoms with van der Waals surface area (Å²) in [5.74, 6) is 1.31. The summed E-state index contributed by atoms with van der Waals surface area (Å²) in [6, 6.07) is 7.93. The van der Waals surface area contributed by atoms with Gasteiger partial charge in [0.1, 0.15) is 23.4 Å². The summed E-state index contributed by atoms with van der Waals surface area (Å²) in [6.07, 6.45) is 8.53. The molecule has 39 heavy (non-hydrogen) atoms. The molecule has 0 radical (unpaired) electrons. The minimum absolute atomic E-state index is 0.0405. The normalized spacial score (nSPS) is 20.2. The van der Waals surface area contributed by atoms with E-state index in [1.807, 2.05) is 24.4 Å². The number of hydrogen-bond acceptors (Lipinski definition) is 8. The zero-order valence-corrected chi connectivity index (χ0v) is 22.7. The Labute approximate surface area is 228 Å². The van der Waals surface area contributed by atoms with Crippen molar-refractivity contribution in [1.29, 1.82) is 0 Å². The Morgan fingerprint density at radius 1 is 1.00 bits per heavy atom. The van der Waals surface area contributed by atoms with Crippen LogP contribution < -0.4 is 20.3 Å². The lowest BCUT2D eigenvalue weighted by molar-refractivity contribution is -0.132. The molecule has 3 aromatic rings. The first-order valence-electron chi connectivity index (χ1n) is 13.8. The van der Waals surface area contributed by atoms with Crippen LogP contribution in [-0.4, -0.2) is 65.4 Å². The van der Waals surface area contributed by atoms with E-state index in [0.29, 0.717) is 55.9 Å². The first kappa shape index (κ1) is 26.9. The van der Waals surface area contributed by atoms with E-state index in [9.17, 15) is 9.59 Å². The largest absolute Gasteiger partial charge is 0.494 e. The Morgan fingerprint density at radius 3 is 2.67 bits per heavy atom. The zero-order valence-electron chi connectivity index (χ0n) is 22.7. The zero-order chi connectivity index (χ0) is 27.2. The first-order valence-corrected chi connectivity index (χ1v) is 13.8. The van der Waals surface area contributed by atoms with Crippen LogP contribution in [0, 0.1) is 0 Å². The Balaban J connectivity index is 1.56. The fourth-order valence-electron chi connectivity index (χ4n) is 5.12. The summed E-state index contributed by atoms with van der Waals surface area (Å²) >= 11 is 0. The van der Waals surface area contributed by atoms with Crippen molar-refractivity contribution in [2.24, 2.45) is 0 Å². The second kappa shape index (κ2) is 12.5. The van der Waals surface area contributed by atoms with Gasteiger partial charge in [0.15, 0.2) is 6.61 Å². The number of aromatic nitrogens is 3. The van der Waals surface area contributed by atoms with Gasteiger partial charge in [0.05, 0.1) is 18.0 Å². The number of benzene rings is 1. The maximum atomic E-state index is 13.7. The number of pyridine rings is 1. The van der Waals surface area contributed by atoms with Crippen LogP contribution in [0.2, 0.25) is 0 Å². The van der Waals surface area contributed by atoms with E-state index in [2.05, 4.69) is 28.3 Å². The second-order valence-electron chi connectivity index (χ2n) is 10.3. The monoisotopic (exact) mass is 535 g/mol. The molecule has 2 aromatic heterocycles. The third-order valence-corrected chi connectivity index (χ3v) is 7.51. The number of likely N-dealkylation sites (N-methyl/N-ethyl adjacent to an activating group) is 1. The molecule has 0 aliphatic carbocycles. The van der Waals surface area contributed by atoms with Crippen molar-refractivity contribution in [3.05, 3.63) is 52.7 Å². The molecular formula is C29H37N5O5. The van der Waals surface area contributed by atoms with Crippen LogP contribution in [0.3, 0.4) is 0 Å². The summed E-state index contributed by atoms with van der Waals surface area (Å²) in [7, 11) is 1.77. The third-order valence-electron chi connectivity index (χ3n) is 7.51.